The molecule has 4 aromatic rings. The number of fused-ring (bicyclic) bond motifs is 1. The third-order valence-electron chi connectivity index (χ3n) is 5.71. The first kappa shape index (κ1) is 23.6. The Bertz CT molecular complexity index is 1440. The molecule has 4 heterocycles. The van der Waals surface area contributed by atoms with Crippen LogP contribution in [0.3, 0.4) is 0 Å². The molecule has 1 aromatic carbocycles. The highest BCUT2D eigenvalue weighted by molar-refractivity contribution is 6.34. The summed E-state index contributed by atoms with van der Waals surface area (Å²) in [5.41, 5.74) is 7.57. The second-order valence-electron chi connectivity index (χ2n) is 8.69. The van der Waals surface area contributed by atoms with Gasteiger partial charge in [-0.2, -0.15) is 5.10 Å². The second-order valence-corrected chi connectivity index (χ2v) is 9.10. The molecule has 1 atom stereocenters. The minimum absolute atomic E-state index is 0.180. The summed E-state index contributed by atoms with van der Waals surface area (Å²) in [6.07, 6.45) is 6.87. The number of aryl methyl sites for hydroxylation is 1. The Morgan fingerprint density at radius 3 is 2.86 bits per heavy atom. The molecule has 1 aliphatic rings. The molecule has 1 aliphatic heterocycles. The van der Waals surface area contributed by atoms with Crippen molar-refractivity contribution in [1.29, 1.82) is 0 Å². The zero-order valence-corrected chi connectivity index (χ0v) is 20.8. The van der Waals surface area contributed by atoms with Crippen LogP contribution in [0.5, 0.6) is 0 Å². The van der Waals surface area contributed by atoms with Gasteiger partial charge in [0, 0.05) is 66.4 Å². The van der Waals surface area contributed by atoms with Crippen LogP contribution >= 0.6 is 11.6 Å². The number of pyridine rings is 1. The summed E-state index contributed by atoms with van der Waals surface area (Å²) in [6.45, 7) is 1.30. The van der Waals surface area contributed by atoms with Gasteiger partial charge in [-0.15, -0.1) is 5.10 Å². The number of nitrogens with zero attached hydrogens (tertiary/aromatic N) is 5. The number of carbonyl (C=O) groups excluding carboxylic acids is 1. The van der Waals surface area contributed by atoms with Crippen molar-refractivity contribution in [2.45, 2.75) is 6.23 Å². The third kappa shape index (κ3) is 4.97. The zero-order chi connectivity index (χ0) is 25.2. The van der Waals surface area contributed by atoms with Crippen LogP contribution < -0.4 is 16.1 Å². The van der Waals surface area contributed by atoms with Crippen LogP contribution in [0.2, 0.25) is 5.02 Å². The molecular formula is C24H26ClN9O2. The number of likely N-dealkylation sites (N-methyl/N-ethyl adjacent to an activating group) is 1. The largest absolute Gasteiger partial charge is 0.434 e. The van der Waals surface area contributed by atoms with E-state index in [1.54, 1.807) is 35.3 Å². The Balaban J connectivity index is 1.26. The van der Waals surface area contributed by atoms with E-state index in [4.69, 9.17) is 16.3 Å². The van der Waals surface area contributed by atoms with Gasteiger partial charge >= 0.3 is 6.02 Å². The van der Waals surface area contributed by atoms with Crippen LogP contribution in [0.4, 0.5) is 5.69 Å². The number of halogens is 1. The van der Waals surface area contributed by atoms with Gasteiger partial charge in [-0.3, -0.25) is 14.9 Å². The first-order chi connectivity index (χ1) is 17.4. The minimum Gasteiger partial charge on any atom is -0.434 e. The average molecular weight is 508 g/mol. The summed E-state index contributed by atoms with van der Waals surface area (Å²) in [5, 5.41) is 15.7. The molecule has 0 saturated carbocycles. The summed E-state index contributed by atoms with van der Waals surface area (Å²) >= 11 is 6.43. The molecule has 0 saturated heterocycles. The van der Waals surface area contributed by atoms with Crippen LogP contribution in [0.25, 0.3) is 22.2 Å². The lowest BCUT2D eigenvalue weighted by Crippen LogP contribution is -2.31. The molecule has 0 radical (unpaired) electrons. The molecule has 186 valence electrons. The quantitative estimate of drug-likeness (QED) is 0.303. The standard InChI is InChI=1S/C24H26ClN9O2/c1-33(2)7-6-26-22(35)14-4-5-20(19(25)9-14)30-24-32-31-23(36-24)18-12-28-21-17(18)8-15(10-27-21)16-11-29-34(3)13-16/h4-5,8-13,23,31H,6-7H2,1-3H3,(H,26,35)(H,27,28)(H,30,32). The summed E-state index contributed by atoms with van der Waals surface area (Å²) in [7, 11) is 5.78. The lowest BCUT2D eigenvalue weighted by atomic mass is 10.1. The normalized spacial score (nSPS) is 15.0. The smallest absolute Gasteiger partial charge is 0.313 e. The van der Waals surface area contributed by atoms with E-state index in [0.717, 1.165) is 34.3 Å². The van der Waals surface area contributed by atoms with Gasteiger partial charge in [-0.25, -0.2) is 4.98 Å². The fourth-order valence-corrected chi connectivity index (χ4v) is 4.04. The minimum atomic E-state index is -0.521. The number of nitrogens with one attached hydrogen (secondary N) is 4. The van der Waals surface area contributed by atoms with E-state index in [2.05, 4.69) is 36.2 Å². The molecule has 5 rings (SSSR count). The van der Waals surface area contributed by atoms with E-state index in [-0.39, 0.29) is 11.9 Å². The number of ether oxygens (including phenoxy) is 1. The van der Waals surface area contributed by atoms with Gasteiger partial charge in [0.2, 0.25) is 6.23 Å². The van der Waals surface area contributed by atoms with E-state index in [9.17, 15) is 4.79 Å². The highest BCUT2D eigenvalue weighted by atomic mass is 35.5. The van der Waals surface area contributed by atoms with Crippen molar-refractivity contribution in [3.63, 3.8) is 0 Å². The summed E-state index contributed by atoms with van der Waals surface area (Å²) < 4.78 is 7.75. The second kappa shape index (κ2) is 9.88. The first-order valence-electron chi connectivity index (χ1n) is 11.3. The Kier molecular flexibility index (Phi) is 6.49. The van der Waals surface area contributed by atoms with Gasteiger partial charge in [0.15, 0.2) is 0 Å². The summed E-state index contributed by atoms with van der Waals surface area (Å²) in [5.74, 6) is -0.180. The van der Waals surface area contributed by atoms with Crippen LogP contribution in [-0.4, -0.2) is 63.8 Å². The van der Waals surface area contributed by atoms with Crippen molar-refractivity contribution in [2.75, 3.05) is 32.5 Å². The number of H-pyrrole nitrogens is 1. The molecule has 36 heavy (non-hydrogen) atoms. The average Bonchev–Trinajstić information content (AvgIpc) is 3.59. The number of aromatic nitrogens is 4. The predicted molar refractivity (Wildman–Crippen MR) is 139 cm³/mol. The molecule has 3 aromatic heterocycles. The van der Waals surface area contributed by atoms with Crippen molar-refractivity contribution in [2.24, 2.45) is 12.1 Å². The van der Waals surface area contributed by atoms with Crippen LogP contribution in [-0.2, 0) is 11.8 Å². The molecule has 1 unspecified atom stereocenters. The van der Waals surface area contributed by atoms with Crippen molar-refractivity contribution in [3.05, 3.63) is 65.2 Å². The fourth-order valence-electron chi connectivity index (χ4n) is 3.81. The molecule has 0 bridgehead atoms. The number of carbonyl (C=O) groups is 1. The number of anilines is 1. The zero-order valence-electron chi connectivity index (χ0n) is 20.0. The number of hydrogen-bond acceptors (Lipinski definition) is 8. The Labute approximate surface area is 212 Å². The Morgan fingerprint density at radius 1 is 1.25 bits per heavy atom. The number of amides is 1. The van der Waals surface area contributed by atoms with Gasteiger partial charge in [-0.1, -0.05) is 11.6 Å². The predicted octanol–water partition coefficient (Wildman–Crippen LogP) is 2.91. The molecule has 0 fully saturated rings. The number of benzene rings is 1. The Morgan fingerprint density at radius 2 is 2.11 bits per heavy atom. The summed E-state index contributed by atoms with van der Waals surface area (Å²) in [6, 6.07) is 7.33. The maximum atomic E-state index is 12.4. The fraction of sp³-hybridized carbons (Fsp3) is 0.250. The molecule has 0 aliphatic carbocycles. The third-order valence-corrected chi connectivity index (χ3v) is 6.03. The summed E-state index contributed by atoms with van der Waals surface area (Å²) in [4.78, 5) is 22.0. The van der Waals surface area contributed by atoms with Crippen LogP contribution in [0.1, 0.15) is 22.1 Å². The van der Waals surface area contributed by atoms with Gasteiger partial charge in [0.1, 0.15) is 5.65 Å². The topological polar surface area (TPSA) is 124 Å². The van der Waals surface area contributed by atoms with E-state index in [1.807, 2.05) is 44.5 Å². The van der Waals surface area contributed by atoms with Gasteiger partial charge in [-0.05, 0) is 38.4 Å². The molecule has 4 N–H and O–H groups in total. The van der Waals surface area contributed by atoms with Crippen molar-refractivity contribution < 1.29 is 9.53 Å². The van der Waals surface area contributed by atoms with Crippen LogP contribution in [0, 0.1) is 0 Å². The van der Waals surface area contributed by atoms with Crippen molar-refractivity contribution in [1.82, 2.24) is 35.4 Å². The SMILES string of the molecule is CN(C)CCNC(=O)c1ccc(NC2=NNC(c3c[nH]c4ncc(-c5cnn(C)c5)cc34)O2)c(Cl)c1. The van der Waals surface area contributed by atoms with Gasteiger partial charge < -0.3 is 25.3 Å². The number of aromatic amines is 1. The van der Waals surface area contributed by atoms with E-state index < -0.39 is 6.23 Å². The maximum absolute atomic E-state index is 12.4. The van der Waals surface area contributed by atoms with E-state index >= 15 is 0 Å². The highest BCUT2D eigenvalue weighted by Crippen LogP contribution is 2.31. The van der Waals surface area contributed by atoms with Gasteiger partial charge in [0.05, 0.1) is 16.9 Å². The molecule has 11 nitrogen and oxygen atoms in total. The molecule has 1 amide bonds. The lowest BCUT2D eigenvalue weighted by Gasteiger charge is -2.13. The first-order valence-corrected chi connectivity index (χ1v) is 11.7. The lowest BCUT2D eigenvalue weighted by molar-refractivity contribution is 0.0951. The maximum Gasteiger partial charge on any atom is 0.313 e. The van der Waals surface area contributed by atoms with Crippen LogP contribution in [0.15, 0.2) is 54.2 Å². The monoisotopic (exact) mass is 507 g/mol. The van der Waals surface area contributed by atoms with E-state index in [0.29, 0.717) is 22.8 Å². The Hall–Kier alpha value is -4.09. The number of rotatable bonds is 7. The van der Waals surface area contributed by atoms with Crippen molar-refractivity contribution >= 4 is 40.3 Å². The molecule has 12 heteroatoms. The van der Waals surface area contributed by atoms with Gasteiger partial charge in [0.25, 0.3) is 5.91 Å². The van der Waals surface area contributed by atoms with Crippen molar-refractivity contribution in [3.8, 4) is 11.1 Å². The molecular weight excluding hydrogens is 482 g/mol. The van der Waals surface area contributed by atoms with E-state index in [1.165, 1.54) is 0 Å². The number of amidine groups is 1. The number of hydrogen-bond donors (Lipinski definition) is 4. The molecule has 0 spiro atoms. The number of hydrazone groups is 1. The highest BCUT2D eigenvalue weighted by Gasteiger charge is 2.25.